The van der Waals surface area contributed by atoms with E-state index in [1.54, 1.807) is 6.07 Å². The lowest BCUT2D eigenvalue weighted by atomic mass is 10.0. The van der Waals surface area contributed by atoms with Crippen molar-refractivity contribution in [3.8, 4) is 5.75 Å². The Morgan fingerprint density at radius 3 is 2.71 bits per heavy atom. The summed E-state index contributed by atoms with van der Waals surface area (Å²) in [4.78, 5) is 12.2. The van der Waals surface area contributed by atoms with Crippen molar-refractivity contribution in [2.45, 2.75) is 6.10 Å². The van der Waals surface area contributed by atoms with Crippen molar-refractivity contribution < 1.29 is 9.15 Å². The molecule has 0 radical (unpaired) electrons. The quantitative estimate of drug-likeness (QED) is 0.632. The summed E-state index contributed by atoms with van der Waals surface area (Å²) in [6, 6.07) is 17.0. The van der Waals surface area contributed by atoms with E-state index in [1.807, 2.05) is 60.7 Å². The van der Waals surface area contributed by atoms with E-state index in [0.29, 0.717) is 11.1 Å². The Hall–Kier alpha value is -2.81. The molecular weight excluding hydrogens is 264 g/mol. The molecule has 21 heavy (non-hydrogen) atoms. The van der Waals surface area contributed by atoms with Crippen LogP contribution >= 0.6 is 0 Å². The first-order chi connectivity index (χ1) is 10.3. The summed E-state index contributed by atoms with van der Waals surface area (Å²) in [5, 5.41) is 0.892. The first-order valence-corrected chi connectivity index (χ1v) is 6.78. The number of fused-ring (bicyclic) bond motifs is 2. The van der Waals surface area contributed by atoms with Gasteiger partial charge < -0.3 is 9.15 Å². The normalized spacial score (nSPS) is 16.5. The minimum Gasteiger partial charge on any atom is -0.481 e. The molecule has 3 nitrogen and oxygen atoms in total. The lowest BCUT2D eigenvalue weighted by molar-refractivity contribution is 0.246. The topological polar surface area (TPSA) is 39.4 Å². The predicted molar refractivity (Wildman–Crippen MR) is 81.3 cm³/mol. The van der Waals surface area contributed by atoms with E-state index < -0.39 is 6.10 Å². The van der Waals surface area contributed by atoms with Gasteiger partial charge in [-0.1, -0.05) is 42.5 Å². The maximum absolute atomic E-state index is 12.2. The third-order valence-corrected chi connectivity index (χ3v) is 3.60. The van der Waals surface area contributed by atoms with Gasteiger partial charge in [0.15, 0.2) is 0 Å². The average Bonchev–Trinajstić information content (AvgIpc) is 2.54. The third kappa shape index (κ3) is 2.03. The smallest absolute Gasteiger partial charge is 0.343 e. The van der Waals surface area contributed by atoms with Crippen molar-refractivity contribution in [3.05, 3.63) is 82.2 Å². The van der Waals surface area contributed by atoms with Gasteiger partial charge in [0.25, 0.3) is 0 Å². The zero-order chi connectivity index (χ0) is 14.2. The van der Waals surface area contributed by atoms with Gasteiger partial charge in [-0.15, -0.1) is 0 Å². The van der Waals surface area contributed by atoms with Gasteiger partial charge in [0.1, 0.15) is 17.4 Å². The molecule has 3 aromatic rings. The van der Waals surface area contributed by atoms with Gasteiger partial charge in [-0.2, -0.15) is 0 Å². The molecule has 2 heterocycles. The van der Waals surface area contributed by atoms with Crippen molar-refractivity contribution in [2.24, 2.45) is 0 Å². The molecule has 0 N–H and O–H groups in total. The molecule has 0 spiro atoms. The van der Waals surface area contributed by atoms with Crippen LogP contribution < -0.4 is 10.4 Å². The number of hydrogen-bond donors (Lipinski definition) is 0. The SMILES string of the molecule is O=c1oc2ccccc2cc1C1C=Cc2ccccc2O1. The summed E-state index contributed by atoms with van der Waals surface area (Å²) >= 11 is 0. The molecule has 4 rings (SSSR count). The largest absolute Gasteiger partial charge is 0.481 e. The van der Waals surface area contributed by atoms with E-state index in [0.717, 1.165) is 16.7 Å². The van der Waals surface area contributed by atoms with Crippen LogP contribution in [0.25, 0.3) is 17.0 Å². The molecular formula is C18H12O3. The minimum absolute atomic E-state index is 0.359. The molecule has 0 amide bonds. The minimum atomic E-state index is -0.416. The molecule has 1 aliphatic heterocycles. The summed E-state index contributed by atoms with van der Waals surface area (Å²) in [7, 11) is 0. The van der Waals surface area contributed by atoms with Crippen molar-refractivity contribution >= 4 is 17.0 Å². The molecule has 1 aliphatic rings. The second-order valence-corrected chi connectivity index (χ2v) is 4.96. The fourth-order valence-electron chi connectivity index (χ4n) is 2.54. The summed E-state index contributed by atoms with van der Waals surface area (Å²) in [5.41, 5.74) is 1.76. The first kappa shape index (κ1) is 12.0. The zero-order valence-corrected chi connectivity index (χ0v) is 11.2. The van der Waals surface area contributed by atoms with Crippen LogP contribution in [0, 0.1) is 0 Å². The summed E-state index contributed by atoms with van der Waals surface area (Å²) in [6.07, 6.45) is 3.43. The third-order valence-electron chi connectivity index (χ3n) is 3.60. The van der Waals surface area contributed by atoms with Crippen LogP contribution in [0.4, 0.5) is 0 Å². The van der Waals surface area contributed by atoms with Gasteiger partial charge in [0.05, 0.1) is 5.56 Å². The molecule has 102 valence electrons. The van der Waals surface area contributed by atoms with E-state index in [4.69, 9.17) is 9.15 Å². The van der Waals surface area contributed by atoms with Crippen molar-refractivity contribution in [3.63, 3.8) is 0 Å². The number of ether oxygens (including phenoxy) is 1. The number of hydrogen-bond acceptors (Lipinski definition) is 3. The van der Waals surface area contributed by atoms with E-state index in [9.17, 15) is 4.79 Å². The van der Waals surface area contributed by atoms with Gasteiger partial charge in [-0.05, 0) is 24.3 Å². The number of rotatable bonds is 1. The summed E-state index contributed by atoms with van der Waals surface area (Å²) < 4.78 is 11.3. The summed E-state index contributed by atoms with van der Waals surface area (Å²) in [6.45, 7) is 0. The number of para-hydroxylation sites is 2. The Labute approximate surface area is 121 Å². The maximum atomic E-state index is 12.2. The molecule has 0 saturated carbocycles. The molecule has 2 aromatic carbocycles. The highest BCUT2D eigenvalue weighted by Crippen LogP contribution is 2.31. The Bertz CT molecular complexity index is 905. The van der Waals surface area contributed by atoms with Gasteiger partial charge in [-0.25, -0.2) is 4.79 Å². The maximum Gasteiger partial charge on any atom is 0.343 e. The van der Waals surface area contributed by atoms with Gasteiger partial charge >= 0.3 is 5.63 Å². The predicted octanol–water partition coefficient (Wildman–Crippen LogP) is 3.94. The zero-order valence-electron chi connectivity index (χ0n) is 11.2. The van der Waals surface area contributed by atoms with E-state index in [1.165, 1.54) is 0 Å². The highest BCUT2D eigenvalue weighted by Gasteiger charge is 2.20. The number of benzene rings is 2. The average molecular weight is 276 g/mol. The molecule has 1 aromatic heterocycles. The fraction of sp³-hybridized carbons (Fsp3) is 0.0556. The highest BCUT2D eigenvalue weighted by molar-refractivity contribution is 5.77. The molecule has 3 heteroatoms. The van der Waals surface area contributed by atoms with Crippen molar-refractivity contribution in [1.82, 2.24) is 0 Å². The Morgan fingerprint density at radius 1 is 0.952 bits per heavy atom. The van der Waals surface area contributed by atoms with Crippen molar-refractivity contribution in [2.75, 3.05) is 0 Å². The Balaban J connectivity index is 1.82. The second-order valence-electron chi connectivity index (χ2n) is 4.96. The van der Waals surface area contributed by atoms with Gasteiger partial charge in [0, 0.05) is 10.9 Å². The van der Waals surface area contributed by atoms with Crippen LogP contribution in [0.3, 0.4) is 0 Å². The molecule has 1 atom stereocenters. The fourth-order valence-corrected chi connectivity index (χ4v) is 2.54. The van der Waals surface area contributed by atoms with Crippen LogP contribution in [-0.2, 0) is 0 Å². The summed E-state index contributed by atoms with van der Waals surface area (Å²) in [5.74, 6) is 0.776. The van der Waals surface area contributed by atoms with Gasteiger partial charge in [0.2, 0.25) is 0 Å². The molecule has 0 saturated heterocycles. The van der Waals surface area contributed by atoms with Crippen LogP contribution in [-0.4, -0.2) is 0 Å². The molecule has 0 bridgehead atoms. The lowest BCUT2D eigenvalue weighted by Crippen LogP contribution is -2.17. The van der Waals surface area contributed by atoms with Crippen molar-refractivity contribution in [1.29, 1.82) is 0 Å². The van der Waals surface area contributed by atoms with E-state index >= 15 is 0 Å². The van der Waals surface area contributed by atoms with E-state index in [2.05, 4.69) is 0 Å². The first-order valence-electron chi connectivity index (χ1n) is 6.78. The van der Waals surface area contributed by atoms with Crippen LogP contribution in [0.1, 0.15) is 17.2 Å². The van der Waals surface area contributed by atoms with E-state index in [-0.39, 0.29) is 5.63 Å². The monoisotopic (exact) mass is 276 g/mol. The standard InChI is InChI=1S/C18H12O3/c19-18-14(11-13-6-2-4-8-16(13)21-18)17-10-9-12-5-1-3-7-15(12)20-17/h1-11,17H. The van der Waals surface area contributed by atoms with Gasteiger partial charge in [-0.3, -0.25) is 0 Å². The van der Waals surface area contributed by atoms with Crippen LogP contribution in [0.15, 0.2) is 69.9 Å². The van der Waals surface area contributed by atoms with Crippen LogP contribution in [0.5, 0.6) is 5.75 Å². The highest BCUT2D eigenvalue weighted by atomic mass is 16.5. The Kier molecular flexibility index (Phi) is 2.64. The molecule has 0 aliphatic carbocycles. The molecule has 1 unspecified atom stereocenters. The molecule has 0 fully saturated rings. The second kappa shape index (κ2) is 4.63. The van der Waals surface area contributed by atoms with Crippen LogP contribution in [0.2, 0.25) is 0 Å². The Morgan fingerprint density at radius 2 is 1.76 bits per heavy atom. The lowest BCUT2D eigenvalue weighted by Gasteiger charge is -2.20.